The van der Waals surface area contributed by atoms with Gasteiger partial charge < -0.3 is 14.4 Å². The standard InChI is InChI=1S/C22H26BrNO3/c1-17-4-3-5-20(16-17)27-15-12-24(2)21(25)22(10-13-26-14-11-22)18-6-8-19(23)9-7-18/h3-9,16H,10-15H2,1-2H3. The fourth-order valence-electron chi connectivity index (χ4n) is 3.59. The van der Waals surface area contributed by atoms with Crippen molar-refractivity contribution in [2.24, 2.45) is 0 Å². The maximum absolute atomic E-state index is 13.4. The van der Waals surface area contributed by atoms with E-state index in [4.69, 9.17) is 9.47 Å². The van der Waals surface area contributed by atoms with Gasteiger partial charge in [-0.1, -0.05) is 40.2 Å². The second-order valence-corrected chi connectivity index (χ2v) is 8.01. The first-order valence-electron chi connectivity index (χ1n) is 9.30. The van der Waals surface area contributed by atoms with Crippen LogP contribution in [-0.2, 0) is 14.9 Å². The maximum atomic E-state index is 13.4. The third-order valence-electron chi connectivity index (χ3n) is 5.18. The third kappa shape index (κ3) is 4.71. The summed E-state index contributed by atoms with van der Waals surface area (Å²) >= 11 is 3.48. The average Bonchev–Trinajstić information content (AvgIpc) is 2.68. The van der Waals surface area contributed by atoms with Crippen molar-refractivity contribution < 1.29 is 14.3 Å². The summed E-state index contributed by atoms with van der Waals surface area (Å²) < 4.78 is 12.4. The van der Waals surface area contributed by atoms with Crippen molar-refractivity contribution in [1.29, 1.82) is 0 Å². The van der Waals surface area contributed by atoms with Crippen LogP contribution in [0.4, 0.5) is 0 Å². The van der Waals surface area contributed by atoms with Crippen LogP contribution in [0.25, 0.3) is 0 Å². The van der Waals surface area contributed by atoms with Gasteiger partial charge in [-0.2, -0.15) is 0 Å². The van der Waals surface area contributed by atoms with Gasteiger partial charge in [0.2, 0.25) is 5.91 Å². The molecule has 1 amide bonds. The van der Waals surface area contributed by atoms with Crippen molar-refractivity contribution in [3.8, 4) is 5.75 Å². The van der Waals surface area contributed by atoms with Crippen LogP contribution in [0.2, 0.25) is 0 Å². The minimum atomic E-state index is -0.517. The quantitative estimate of drug-likeness (QED) is 0.682. The van der Waals surface area contributed by atoms with E-state index in [1.54, 1.807) is 4.90 Å². The van der Waals surface area contributed by atoms with Crippen molar-refractivity contribution in [2.45, 2.75) is 25.2 Å². The molecule has 4 nitrogen and oxygen atoms in total. The Morgan fingerprint density at radius 1 is 1.19 bits per heavy atom. The molecule has 1 saturated heterocycles. The van der Waals surface area contributed by atoms with Gasteiger partial charge in [0.05, 0.1) is 12.0 Å². The van der Waals surface area contributed by atoms with Crippen LogP contribution in [0.3, 0.4) is 0 Å². The number of rotatable bonds is 6. The van der Waals surface area contributed by atoms with Crippen molar-refractivity contribution >= 4 is 21.8 Å². The van der Waals surface area contributed by atoms with Crippen LogP contribution in [0.5, 0.6) is 5.75 Å². The summed E-state index contributed by atoms with van der Waals surface area (Å²) in [6, 6.07) is 16.1. The topological polar surface area (TPSA) is 38.8 Å². The number of hydrogen-bond acceptors (Lipinski definition) is 3. The number of carbonyl (C=O) groups is 1. The van der Waals surface area contributed by atoms with Crippen LogP contribution in [0, 0.1) is 6.92 Å². The van der Waals surface area contributed by atoms with Gasteiger partial charge in [-0.3, -0.25) is 4.79 Å². The Morgan fingerprint density at radius 2 is 1.89 bits per heavy atom. The molecule has 0 spiro atoms. The lowest BCUT2D eigenvalue weighted by atomic mass is 9.73. The molecule has 144 valence electrons. The summed E-state index contributed by atoms with van der Waals surface area (Å²) in [5.74, 6) is 0.977. The first-order valence-corrected chi connectivity index (χ1v) is 10.1. The van der Waals surface area contributed by atoms with Crippen LogP contribution >= 0.6 is 15.9 Å². The molecular formula is C22H26BrNO3. The fourth-order valence-corrected chi connectivity index (χ4v) is 3.85. The highest BCUT2D eigenvalue weighted by Gasteiger charge is 2.43. The van der Waals surface area contributed by atoms with Crippen molar-refractivity contribution in [1.82, 2.24) is 4.90 Å². The summed E-state index contributed by atoms with van der Waals surface area (Å²) in [5.41, 5.74) is 1.70. The van der Waals surface area contributed by atoms with Gasteiger partial charge >= 0.3 is 0 Å². The van der Waals surface area contributed by atoms with Gasteiger partial charge in [0.15, 0.2) is 0 Å². The molecule has 0 aliphatic carbocycles. The van der Waals surface area contributed by atoms with Crippen LogP contribution in [0.1, 0.15) is 24.0 Å². The zero-order valence-corrected chi connectivity index (χ0v) is 17.5. The molecule has 1 heterocycles. The van der Waals surface area contributed by atoms with Crippen LogP contribution in [-0.4, -0.2) is 44.2 Å². The lowest BCUT2D eigenvalue weighted by molar-refractivity contribution is -0.140. The largest absolute Gasteiger partial charge is 0.492 e. The molecule has 0 radical (unpaired) electrons. The highest BCUT2D eigenvalue weighted by molar-refractivity contribution is 9.10. The molecule has 1 aliphatic rings. The Balaban J connectivity index is 1.69. The molecule has 0 N–H and O–H groups in total. The predicted octanol–water partition coefficient (Wildman–Crippen LogP) is 4.34. The normalized spacial score (nSPS) is 16.0. The second kappa shape index (κ2) is 8.89. The highest BCUT2D eigenvalue weighted by atomic mass is 79.9. The number of aryl methyl sites for hydroxylation is 1. The zero-order chi connectivity index (χ0) is 19.3. The fraction of sp³-hybridized carbons (Fsp3) is 0.409. The van der Waals surface area contributed by atoms with E-state index in [2.05, 4.69) is 15.9 Å². The monoisotopic (exact) mass is 431 g/mol. The molecule has 27 heavy (non-hydrogen) atoms. The van der Waals surface area contributed by atoms with Crippen molar-refractivity contribution in [3.63, 3.8) is 0 Å². The van der Waals surface area contributed by atoms with Crippen molar-refractivity contribution in [3.05, 3.63) is 64.1 Å². The van der Waals surface area contributed by atoms with E-state index < -0.39 is 5.41 Å². The van der Waals surface area contributed by atoms with Gasteiger partial charge in [-0.05, 0) is 55.2 Å². The Labute approximate surface area is 169 Å². The minimum Gasteiger partial charge on any atom is -0.492 e. The molecular weight excluding hydrogens is 406 g/mol. The van der Waals surface area contributed by atoms with E-state index in [1.807, 2.05) is 62.5 Å². The van der Waals surface area contributed by atoms with E-state index in [-0.39, 0.29) is 5.91 Å². The lowest BCUT2D eigenvalue weighted by Gasteiger charge is -2.39. The van der Waals surface area contributed by atoms with Gasteiger partial charge in [-0.15, -0.1) is 0 Å². The molecule has 0 bridgehead atoms. The molecule has 2 aromatic rings. The van der Waals surface area contributed by atoms with Gasteiger partial charge in [0.1, 0.15) is 12.4 Å². The third-order valence-corrected chi connectivity index (χ3v) is 5.71. The number of amides is 1. The minimum absolute atomic E-state index is 0.140. The van der Waals surface area contributed by atoms with Gasteiger partial charge in [-0.25, -0.2) is 0 Å². The predicted molar refractivity (Wildman–Crippen MR) is 110 cm³/mol. The first-order chi connectivity index (χ1) is 13.0. The van der Waals surface area contributed by atoms with E-state index >= 15 is 0 Å². The summed E-state index contributed by atoms with van der Waals surface area (Å²) in [6.45, 7) is 4.27. The second-order valence-electron chi connectivity index (χ2n) is 7.09. The SMILES string of the molecule is Cc1cccc(OCCN(C)C(=O)C2(c3ccc(Br)cc3)CCOCC2)c1. The lowest BCUT2D eigenvalue weighted by Crippen LogP contribution is -2.49. The van der Waals surface area contributed by atoms with E-state index in [0.29, 0.717) is 39.2 Å². The number of carbonyl (C=O) groups excluding carboxylic acids is 1. The summed E-state index contributed by atoms with van der Waals surface area (Å²) in [4.78, 5) is 15.2. The Bertz CT molecular complexity index is 769. The van der Waals surface area contributed by atoms with Gasteiger partial charge in [0, 0.05) is 24.7 Å². The number of ether oxygens (including phenoxy) is 2. The van der Waals surface area contributed by atoms with Crippen molar-refractivity contribution in [2.75, 3.05) is 33.4 Å². The molecule has 0 unspecified atom stereocenters. The number of halogens is 1. The highest BCUT2D eigenvalue weighted by Crippen LogP contribution is 2.37. The van der Waals surface area contributed by atoms with Crippen LogP contribution < -0.4 is 4.74 Å². The van der Waals surface area contributed by atoms with Crippen LogP contribution in [0.15, 0.2) is 53.0 Å². The number of nitrogens with zero attached hydrogens (tertiary/aromatic N) is 1. The first kappa shape index (κ1) is 19.9. The molecule has 0 aromatic heterocycles. The Kier molecular flexibility index (Phi) is 6.55. The molecule has 3 rings (SSSR count). The van der Waals surface area contributed by atoms with E-state index in [9.17, 15) is 4.79 Å². The van der Waals surface area contributed by atoms with Gasteiger partial charge in [0.25, 0.3) is 0 Å². The Hall–Kier alpha value is -1.85. The summed E-state index contributed by atoms with van der Waals surface area (Å²) in [5, 5.41) is 0. The number of benzene rings is 2. The number of hydrogen-bond donors (Lipinski definition) is 0. The molecule has 0 atom stereocenters. The molecule has 5 heteroatoms. The van der Waals surface area contributed by atoms with E-state index in [0.717, 1.165) is 21.3 Å². The van der Waals surface area contributed by atoms with E-state index in [1.165, 1.54) is 0 Å². The molecule has 2 aromatic carbocycles. The number of likely N-dealkylation sites (N-methyl/N-ethyl adjacent to an activating group) is 1. The average molecular weight is 432 g/mol. The molecule has 1 aliphatic heterocycles. The maximum Gasteiger partial charge on any atom is 0.233 e. The zero-order valence-electron chi connectivity index (χ0n) is 15.9. The smallest absolute Gasteiger partial charge is 0.233 e. The Morgan fingerprint density at radius 3 is 2.56 bits per heavy atom. The molecule has 1 fully saturated rings. The molecule has 0 saturated carbocycles. The summed E-state index contributed by atoms with van der Waals surface area (Å²) in [7, 11) is 1.86. The summed E-state index contributed by atoms with van der Waals surface area (Å²) in [6.07, 6.45) is 1.41.